The van der Waals surface area contributed by atoms with Crippen LogP contribution in [0.5, 0.6) is 11.5 Å². The molecule has 32 heavy (non-hydrogen) atoms. The predicted octanol–water partition coefficient (Wildman–Crippen LogP) is 6.92. The van der Waals surface area contributed by atoms with Crippen LogP contribution in [0.25, 0.3) is 31.7 Å². The van der Waals surface area contributed by atoms with E-state index in [4.69, 9.17) is 9.47 Å². The first kappa shape index (κ1) is 21.0. The van der Waals surface area contributed by atoms with Crippen molar-refractivity contribution in [3.63, 3.8) is 0 Å². The number of thiazole rings is 1. The zero-order valence-corrected chi connectivity index (χ0v) is 18.4. The molecule has 0 spiro atoms. The van der Waals surface area contributed by atoms with Gasteiger partial charge in [-0.15, -0.1) is 11.3 Å². The summed E-state index contributed by atoms with van der Waals surface area (Å²) in [5.41, 5.74) is 3.15. The molecule has 166 valence electrons. The van der Waals surface area contributed by atoms with E-state index in [9.17, 15) is 13.2 Å². The van der Waals surface area contributed by atoms with Gasteiger partial charge in [0.1, 0.15) is 16.9 Å². The molecule has 1 fully saturated rings. The van der Waals surface area contributed by atoms with Gasteiger partial charge in [0, 0.05) is 35.9 Å². The average Bonchev–Trinajstić information content (AvgIpc) is 3.14. The first-order valence-corrected chi connectivity index (χ1v) is 11.2. The van der Waals surface area contributed by atoms with Crippen molar-refractivity contribution in [2.24, 2.45) is 0 Å². The molecular formula is C24H21F3N2O2S. The highest BCUT2D eigenvalue weighted by molar-refractivity contribution is 7.21. The average molecular weight is 459 g/mol. The summed E-state index contributed by atoms with van der Waals surface area (Å²) in [5, 5.41) is 1.62. The number of nitrogens with zero attached hydrogens (tertiary/aromatic N) is 2. The highest BCUT2D eigenvalue weighted by atomic mass is 32.1. The highest BCUT2D eigenvalue weighted by Gasteiger charge is 2.37. The molecule has 0 unspecified atom stereocenters. The molecule has 1 aliphatic carbocycles. The van der Waals surface area contributed by atoms with E-state index in [0.717, 1.165) is 26.7 Å². The number of alkyl halides is 2. The number of hydrogen-bond donors (Lipinski definition) is 0. The normalized spacial score (nSPS) is 18.2. The van der Waals surface area contributed by atoms with Crippen molar-refractivity contribution >= 4 is 32.5 Å². The van der Waals surface area contributed by atoms with Gasteiger partial charge in [-0.1, -0.05) is 0 Å². The van der Waals surface area contributed by atoms with Gasteiger partial charge in [0.2, 0.25) is 0 Å². The number of aromatic nitrogens is 2. The molecule has 0 amide bonds. The van der Waals surface area contributed by atoms with Crippen LogP contribution in [0.2, 0.25) is 0 Å². The lowest BCUT2D eigenvalue weighted by Gasteiger charge is -2.29. The zero-order chi connectivity index (χ0) is 22.5. The number of halogens is 3. The summed E-state index contributed by atoms with van der Waals surface area (Å²) in [7, 11) is 1.59. The van der Waals surface area contributed by atoms with Gasteiger partial charge >= 0.3 is 0 Å². The molecule has 0 N–H and O–H groups in total. The summed E-state index contributed by atoms with van der Waals surface area (Å²) in [6.45, 7) is 1.99. The van der Waals surface area contributed by atoms with Gasteiger partial charge in [-0.2, -0.15) is 0 Å². The van der Waals surface area contributed by atoms with E-state index >= 15 is 0 Å². The summed E-state index contributed by atoms with van der Waals surface area (Å²) in [4.78, 5) is 9.16. The van der Waals surface area contributed by atoms with E-state index in [1.807, 2.05) is 25.1 Å². The first-order chi connectivity index (χ1) is 15.3. The predicted molar refractivity (Wildman–Crippen MR) is 119 cm³/mol. The van der Waals surface area contributed by atoms with E-state index in [2.05, 4.69) is 9.97 Å². The fourth-order valence-electron chi connectivity index (χ4n) is 4.20. The minimum absolute atomic E-state index is 0.00707. The van der Waals surface area contributed by atoms with Crippen LogP contribution in [0.1, 0.15) is 31.2 Å². The van der Waals surface area contributed by atoms with E-state index in [-0.39, 0.29) is 18.6 Å². The first-order valence-electron chi connectivity index (χ1n) is 10.4. The molecule has 8 heteroatoms. The SMILES string of the molecule is COc1cnc2c(-c3nc4cc(F)c(O[C@H]5CCCC(F)(F)C5)cc4s3)cc(C)cc2c1. The van der Waals surface area contributed by atoms with Gasteiger partial charge < -0.3 is 9.47 Å². The number of pyridine rings is 1. The number of methoxy groups -OCH3 is 1. The Morgan fingerprint density at radius 3 is 2.78 bits per heavy atom. The molecule has 2 aromatic heterocycles. The lowest BCUT2D eigenvalue weighted by molar-refractivity contribution is -0.0701. The van der Waals surface area contributed by atoms with E-state index < -0.39 is 17.8 Å². The zero-order valence-electron chi connectivity index (χ0n) is 17.6. The number of fused-ring (bicyclic) bond motifs is 2. The van der Waals surface area contributed by atoms with Crippen molar-refractivity contribution in [1.82, 2.24) is 9.97 Å². The van der Waals surface area contributed by atoms with Gasteiger partial charge in [0.05, 0.1) is 29.0 Å². The van der Waals surface area contributed by atoms with Crippen LogP contribution in [0.4, 0.5) is 13.2 Å². The molecule has 1 aliphatic rings. The molecule has 0 aliphatic heterocycles. The van der Waals surface area contributed by atoms with Crippen LogP contribution >= 0.6 is 11.3 Å². The minimum Gasteiger partial charge on any atom is -0.495 e. The quantitative estimate of drug-likeness (QED) is 0.333. The maximum atomic E-state index is 14.7. The van der Waals surface area contributed by atoms with Gasteiger partial charge in [0.25, 0.3) is 5.92 Å². The Bertz CT molecular complexity index is 1320. The lowest BCUT2D eigenvalue weighted by atomic mass is 9.94. The third kappa shape index (κ3) is 3.99. The third-order valence-corrected chi connectivity index (χ3v) is 6.75. The van der Waals surface area contributed by atoms with Gasteiger partial charge in [-0.25, -0.2) is 18.2 Å². The molecule has 2 heterocycles. The summed E-state index contributed by atoms with van der Waals surface area (Å²) < 4.78 is 53.8. The number of hydrogen-bond acceptors (Lipinski definition) is 5. The van der Waals surface area contributed by atoms with Gasteiger partial charge in [0.15, 0.2) is 11.6 Å². The summed E-state index contributed by atoms with van der Waals surface area (Å²) in [6, 6.07) is 8.80. The van der Waals surface area contributed by atoms with Crippen LogP contribution in [0, 0.1) is 12.7 Å². The highest BCUT2D eigenvalue weighted by Crippen LogP contribution is 2.39. The number of rotatable bonds is 4. The fraction of sp³-hybridized carbons (Fsp3) is 0.333. The Morgan fingerprint density at radius 1 is 1.16 bits per heavy atom. The molecule has 4 nitrogen and oxygen atoms in total. The monoisotopic (exact) mass is 458 g/mol. The topological polar surface area (TPSA) is 44.2 Å². The molecule has 5 rings (SSSR count). The van der Waals surface area contributed by atoms with Crippen LogP contribution in [0.15, 0.2) is 36.5 Å². The molecule has 4 aromatic rings. The lowest BCUT2D eigenvalue weighted by Crippen LogP contribution is -2.33. The Hall–Kier alpha value is -2.87. The van der Waals surface area contributed by atoms with Crippen molar-refractivity contribution in [3.8, 4) is 22.1 Å². The maximum Gasteiger partial charge on any atom is 0.251 e. The van der Waals surface area contributed by atoms with Crippen molar-refractivity contribution in [3.05, 3.63) is 47.9 Å². The Balaban J connectivity index is 1.53. The molecular weight excluding hydrogens is 437 g/mol. The molecule has 0 saturated heterocycles. The van der Waals surface area contributed by atoms with Gasteiger partial charge in [-0.05, 0) is 43.5 Å². The van der Waals surface area contributed by atoms with Crippen molar-refractivity contribution in [1.29, 1.82) is 0 Å². The largest absolute Gasteiger partial charge is 0.495 e. The number of benzene rings is 2. The smallest absolute Gasteiger partial charge is 0.251 e. The summed E-state index contributed by atoms with van der Waals surface area (Å²) >= 11 is 1.39. The second kappa shape index (κ2) is 7.92. The van der Waals surface area contributed by atoms with Gasteiger partial charge in [-0.3, -0.25) is 4.98 Å². The minimum atomic E-state index is -2.76. The number of aryl methyl sites for hydroxylation is 1. The van der Waals surface area contributed by atoms with Crippen LogP contribution in [-0.4, -0.2) is 29.1 Å². The number of ether oxygens (including phenoxy) is 2. The Labute approximate surface area is 187 Å². The van der Waals surface area contributed by atoms with E-state index in [0.29, 0.717) is 29.1 Å². The molecule has 1 atom stereocenters. The van der Waals surface area contributed by atoms with Crippen molar-refractivity contribution in [2.75, 3.05) is 7.11 Å². The maximum absolute atomic E-state index is 14.7. The Morgan fingerprint density at radius 2 is 2.00 bits per heavy atom. The van der Waals surface area contributed by atoms with Crippen LogP contribution in [0.3, 0.4) is 0 Å². The standard InChI is InChI=1S/C24H21F3N2O2S/c1-13-6-14-8-16(30-2)12-28-22(14)17(7-13)23-29-19-9-18(25)20(10-21(19)32-23)31-15-4-3-5-24(26,27)11-15/h6-10,12,15H,3-5,11H2,1-2H3/t15-/m0/s1. The van der Waals surface area contributed by atoms with Crippen LogP contribution < -0.4 is 9.47 Å². The molecule has 1 saturated carbocycles. The van der Waals surface area contributed by atoms with Crippen molar-refractivity contribution < 1.29 is 22.6 Å². The molecule has 2 aromatic carbocycles. The fourth-order valence-corrected chi connectivity index (χ4v) is 5.19. The molecule has 0 bridgehead atoms. The second-order valence-corrected chi connectivity index (χ2v) is 9.25. The summed E-state index contributed by atoms with van der Waals surface area (Å²) in [6.07, 6.45) is 1.29. The van der Waals surface area contributed by atoms with Crippen LogP contribution in [-0.2, 0) is 0 Å². The van der Waals surface area contributed by atoms with Crippen molar-refractivity contribution in [2.45, 2.75) is 44.6 Å². The molecule has 0 radical (unpaired) electrons. The third-order valence-electron chi connectivity index (χ3n) is 5.70. The second-order valence-electron chi connectivity index (χ2n) is 8.22. The summed E-state index contributed by atoms with van der Waals surface area (Å²) in [5.74, 6) is -2.70. The Kier molecular flexibility index (Phi) is 5.20. The van der Waals surface area contributed by atoms with E-state index in [1.54, 1.807) is 19.4 Å². The van der Waals surface area contributed by atoms with E-state index in [1.165, 1.54) is 17.4 Å².